The maximum Gasteiger partial charge on any atom is 0.329 e. The fourth-order valence-corrected chi connectivity index (χ4v) is 1.57. The summed E-state index contributed by atoms with van der Waals surface area (Å²) in [7, 11) is 0. The summed E-state index contributed by atoms with van der Waals surface area (Å²) in [6, 6.07) is -1.01. The maximum absolute atomic E-state index is 11.0. The van der Waals surface area contributed by atoms with Crippen molar-refractivity contribution >= 4 is 5.97 Å². The highest BCUT2D eigenvalue weighted by atomic mass is 16.4. The topological polar surface area (TPSA) is 88.2 Å². The number of rotatable bonds is 6. The largest absolute Gasteiger partial charge is 0.480 e. The van der Waals surface area contributed by atoms with Gasteiger partial charge in [0.05, 0.1) is 6.10 Å². The lowest BCUT2D eigenvalue weighted by atomic mass is 10.1. The van der Waals surface area contributed by atoms with E-state index in [1.165, 1.54) is 17.8 Å². The molecule has 1 heterocycles. The molecular weight excluding hydrogens is 210 g/mol. The van der Waals surface area contributed by atoms with Crippen molar-refractivity contribution in [2.24, 2.45) is 0 Å². The van der Waals surface area contributed by atoms with Gasteiger partial charge in [0, 0.05) is 6.42 Å². The van der Waals surface area contributed by atoms with Gasteiger partial charge in [-0.05, 0) is 13.3 Å². The van der Waals surface area contributed by atoms with Gasteiger partial charge in [0.2, 0.25) is 0 Å². The Morgan fingerprint density at radius 1 is 1.62 bits per heavy atom. The molecule has 2 atom stereocenters. The van der Waals surface area contributed by atoms with Crippen LogP contribution in [0.5, 0.6) is 0 Å². The van der Waals surface area contributed by atoms with E-state index in [1.54, 1.807) is 0 Å². The molecule has 2 N–H and O–H groups in total. The molecule has 0 saturated carbocycles. The smallest absolute Gasteiger partial charge is 0.329 e. The van der Waals surface area contributed by atoms with Gasteiger partial charge in [-0.2, -0.15) is 0 Å². The van der Waals surface area contributed by atoms with E-state index in [4.69, 9.17) is 5.11 Å². The Hall–Kier alpha value is -1.43. The molecule has 16 heavy (non-hydrogen) atoms. The molecule has 6 heteroatoms. The van der Waals surface area contributed by atoms with Crippen LogP contribution in [0.15, 0.2) is 6.33 Å². The number of carboxylic acids is 1. The second-order valence-corrected chi connectivity index (χ2v) is 3.78. The Morgan fingerprint density at radius 3 is 2.81 bits per heavy atom. The Kier molecular flexibility index (Phi) is 4.42. The Labute approximate surface area is 93.9 Å². The SMILES string of the molecule is CCCCc1nncn1C(C(=O)O)C(C)O. The average molecular weight is 227 g/mol. The van der Waals surface area contributed by atoms with Crippen LogP contribution in [0.3, 0.4) is 0 Å². The predicted octanol–water partition coefficient (Wildman–Crippen LogP) is 0.627. The molecule has 1 aromatic rings. The third kappa shape index (κ3) is 2.79. The molecule has 0 spiro atoms. The second kappa shape index (κ2) is 5.60. The molecule has 2 unspecified atom stereocenters. The van der Waals surface area contributed by atoms with E-state index >= 15 is 0 Å². The summed E-state index contributed by atoms with van der Waals surface area (Å²) < 4.78 is 1.43. The molecule has 1 rings (SSSR count). The summed E-state index contributed by atoms with van der Waals surface area (Å²) in [5.74, 6) is -0.470. The molecule has 0 fully saturated rings. The van der Waals surface area contributed by atoms with Crippen LogP contribution >= 0.6 is 0 Å². The number of aliphatic hydroxyl groups is 1. The molecule has 0 aliphatic heterocycles. The highest BCUT2D eigenvalue weighted by Gasteiger charge is 2.27. The van der Waals surface area contributed by atoms with Crippen LogP contribution in [0.4, 0.5) is 0 Å². The van der Waals surface area contributed by atoms with Crippen LogP contribution in [0, 0.1) is 0 Å². The average Bonchev–Trinajstić information content (AvgIpc) is 2.62. The monoisotopic (exact) mass is 227 g/mol. The Morgan fingerprint density at radius 2 is 2.31 bits per heavy atom. The lowest BCUT2D eigenvalue weighted by Gasteiger charge is -2.18. The van der Waals surface area contributed by atoms with E-state index in [0.29, 0.717) is 12.2 Å². The van der Waals surface area contributed by atoms with Crippen molar-refractivity contribution in [2.75, 3.05) is 0 Å². The number of unbranched alkanes of at least 4 members (excludes halogenated alkanes) is 1. The first-order valence-corrected chi connectivity index (χ1v) is 5.37. The van der Waals surface area contributed by atoms with Crippen molar-refractivity contribution in [3.63, 3.8) is 0 Å². The number of hydrogen-bond donors (Lipinski definition) is 2. The van der Waals surface area contributed by atoms with Crippen LogP contribution < -0.4 is 0 Å². The summed E-state index contributed by atoms with van der Waals surface area (Å²) >= 11 is 0. The van der Waals surface area contributed by atoms with Crippen molar-refractivity contribution in [1.29, 1.82) is 0 Å². The van der Waals surface area contributed by atoms with E-state index in [-0.39, 0.29) is 0 Å². The number of aliphatic hydroxyl groups excluding tert-OH is 1. The molecule has 0 aliphatic carbocycles. The van der Waals surface area contributed by atoms with E-state index in [0.717, 1.165) is 12.8 Å². The first kappa shape index (κ1) is 12.6. The van der Waals surface area contributed by atoms with Crippen LogP contribution in [0.2, 0.25) is 0 Å². The van der Waals surface area contributed by atoms with Gasteiger partial charge in [-0.1, -0.05) is 13.3 Å². The minimum absolute atomic E-state index is 0.607. The molecule has 0 aliphatic rings. The van der Waals surface area contributed by atoms with Crippen LogP contribution in [0.25, 0.3) is 0 Å². The van der Waals surface area contributed by atoms with Crippen molar-refractivity contribution in [1.82, 2.24) is 14.8 Å². The zero-order valence-corrected chi connectivity index (χ0v) is 9.50. The van der Waals surface area contributed by atoms with Crippen molar-refractivity contribution in [3.8, 4) is 0 Å². The van der Waals surface area contributed by atoms with E-state index in [9.17, 15) is 9.90 Å². The van der Waals surface area contributed by atoms with E-state index in [1.807, 2.05) is 6.92 Å². The fraction of sp³-hybridized carbons (Fsp3) is 0.700. The number of aryl methyl sites for hydroxylation is 1. The van der Waals surface area contributed by atoms with Gasteiger partial charge < -0.3 is 14.8 Å². The van der Waals surface area contributed by atoms with Crippen molar-refractivity contribution in [2.45, 2.75) is 45.3 Å². The number of carbonyl (C=O) groups is 1. The van der Waals surface area contributed by atoms with Crippen LogP contribution in [0.1, 0.15) is 38.6 Å². The van der Waals surface area contributed by atoms with Gasteiger partial charge in [-0.25, -0.2) is 4.79 Å². The number of carboxylic acid groups (broad SMARTS) is 1. The quantitative estimate of drug-likeness (QED) is 0.744. The Balaban J connectivity index is 2.91. The van der Waals surface area contributed by atoms with Gasteiger partial charge in [0.25, 0.3) is 0 Å². The molecular formula is C10H17N3O3. The zero-order chi connectivity index (χ0) is 12.1. The summed E-state index contributed by atoms with van der Waals surface area (Å²) in [5, 5.41) is 26.1. The Bertz CT molecular complexity index is 349. The van der Waals surface area contributed by atoms with Gasteiger partial charge in [0.1, 0.15) is 12.2 Å². The van der Waals surface area contributed by atoms with E-state index in [2.05, 4.69) is 10.2 Å². The highest BCUT2D eigenvalue weighted by Crippen LogP contribution is 2.15. The number of aromatic nitrogens is 3. The van der Waals surface area contributed by atoms with Crippen LogP contribution in [-0.2, 0) is 11.2 Å². The third-order valence-corrected chi connectivity index (χ3v) is 2.41. The fourth-order valence-electron chi connectivity index (χ4n) is 1.57. The normalized spacial score (nSPS) is 14.7. The molecule has 0 aromatic carbocycles. The molecule has 1 aromatic heterocycles. The van der Waals surface area contributed by atoms with Crippen LogP contribution in [-0.4, -0.2) is 37.1 Å². The summed E-state index contributed by atoms with van der Waals surface area (Å²) in [6.45, 7) is 3.49. The molecule has 6 nitrogen and oxygen atoms in total. The van der Waals surface area contributed by atoms with Gasteiger partial charge in [-0.15, -0.1) is 10.2 Å². The third-order valence-electron chi connectivity index (χ3n) is 2.41. The lowest BCUT2D eigenvalue weighted by molar-refractivity contribution is -0.144. The molecule has 90 valence electrons. The first-order chi connectivity index (χ1) is 7.57. The molecule has 0 radical (unpaired) electrons. The predicted molar refractivity (Wildman–Crippen MR) is 57.0 cm³/mol. The van der Waals surface area contributed by atoms with Crippen molar-refractivity contribution < 1.29 is 15.0 Å². The maximum atomic E-state index is 11.0. The van der Waals surface area contributed by atoms with Crippen molar-refractivity contribution in [3.05, 3.63) is 12.2 Å². The number of nitrogens with zero attached hydrogens (tertiary/aromatic N) is 3. The van der Waals surface area contributed by atoms with Gasteiger partial charge >= 0.3 is 5.97 Å². The summed E-state index contributed by atoms with van der Waals surface area (Å²) in [4.78, 5) is 11.0. The van der Waals surface area contributed by atoms with E-state index < -0.39 is 18.1 Å². The minimum atomic E-state index is -1.08. The summed E-state index contributed by atoms with van der Waals surface area (Å²) in [6.07, 6.45) is 2.97. The first-order valence-electron chi connectivity index (χ1n) is 5.37. The lowest BCUT2D eigenvalue weighted by Crippen LogP contribution is -2.30. The van der Waals surface area contributed by atoms with Gasteiger partial charge in [-0.3, -0.25) is 0 Å². The highest BCUT2D eigenvalue weighted by molar-refractivity contribution is 5.72. The summed E-state index contributed by atoms with van der Waals surface area (Å²) in [5.41, 5.74) is 0. The molecule has 0 bridgehead atoms. The second-order valence-electron chi connectivity index (χ2n) is 3.78. The standard InChI is InChI=1S/C10H17N3O3/c1-3-4-5-8-12-11-6-13(8)9(7(2)14)10(15)16/h6-7,9,14H,3-5H2,1-2H3,(H,15,16). The molecule has 0 amide bonds. The molecule has 0 saturated heterocycles. The van der Waals surface area contributed by atoms with Gasteiger partial charge in [0.15, 0.2) is 6.04 Å². The number of aliphatic carboxylic acids is 1. The minimum Gasteiger partial charge on any atom is -0.480 e. The zero-order valence-electron chi connectivity index (χ0n) is 9.50. The number of hydrogen-bond acceptors (Lipinski definition) is 4.